The van der Waals surface area contributed by atoms with Crippen molar-refractivity contribution < 1.29 is 9.50 Å². The number of rotatable bonds is 3. The maximum Gasteiger partial charge on any atom is 0.190 e. The molecule has 128 valence electrons. The predicted octanol–water partition coefficient (Wildman–Crippen LogP) is 0.835. The Kier molecular flexibility index (Phi) is 4.03. The minimum Gasteiger partial charge on any atom is -0.520 e. The number of hydrogen-bond acceptors (Lipinski definition) is 4. The molecule has 2 aromatic rings. The number of thiocarbonyl (C=S) groups is 1. The fraction of sp³-hybridized carbons (Fsp3) is 0.500. The molecule has 0 spiro atoms. The highest BCUT2D eigenvalue weighted by molar-refractivity contribution is 7.80. The van der Waals surface area contributed by atoms with Gasteiger partial charge in [-0.15, -0.1) is 0 Å². The molecule has 3 aliphatic heterocycles. The number of thiazole rings is 1. The normalized spacial score (nSPS) is 32.0. The number of quaternary nitrogens is 1. The van der Waals surface area contributed by atoms with Gasteiger partial charge in [-0.25, -0.2) is 4.98 Å². The Morgan fingerprint density at radius 2 is 2.17 bits per heavy atom. The number of aromatic nitrogens is 1. The summed E-state index contributed by atoms with van der Waals surface area (Å²) in [6.45, 7) is 4.05. The molecule has 3 aliphatic rings. The van der Waals surface area contributed by atoms with Crippen molar-refractivity contribution in [3.05, 3.63) is 24.3 Å². The molecule has 0 saturated carbocycles. The topological polar surface area (TPSA) is 57.2 Å². The van der Waals surface area contributed by atoms with E-state index in [1.54, 1.807) is 11.3 Å². The van der Waals surface area contributed by atoms with Crippen LogP contribution in [0.2, 0.25) is 0 Å². The van der Waals surface area contributed by atoms with Crippen LogP contribution in [-0.2, 0) is 0 Å². The molecule has 3 saturated heterocycles. The Bertz CT molecular complexity index is 741. The van der Waals surface area contributed by atoms with E-state index in [2.05, 4.69) is 21.7 Å². The monoisotopic (exact) mass is 362 g/mol. The number of para-hydroxylation sites is 1. The number of piperidine rings is 3. The fourth-order valence-corrected chi connectivity index (χ4v) is 4.75. The van der Waals surface area contributed by atoms with E-state index in [0.717, 1.165) is 21.9 Å². The SMILES string of the molecule is [BH3-][N+]12CCC(CC1)C(O)(CNC(=S)Nc1nc3ccccc3s1)C2. The standard InChI is InChI=1S/C16H23BN4OS2/c17-21-7-5-11(6-8-21)16(22,10-21)9-18-14(23)20-15-19-12-3-1-2-4-13(12)24-15/h1-4,11,22H,5-10H2,17H3,(H2,18,19,20,23). The highest BCUT2D eigenvalue weighted by atomic mass is 32.1. The van der Waals surface area contributed by atoms with Crippen LogP contribution in [0.1, 0.15) is 12.8 Å². The van der Waals surface area contributed by atoms with Crippen LogP contribution >= 0.6 is 23.6 Å². The first-order chi connectivity index (χ1) is 11.5. The van der Waals surface area contributed by atoms with Gasteiger partial charge in [0.1, 0.15) is 5.60 Å². The summed E-state index contributed by atoms with van der Waals surface area (Å²) in [5, 5.41) is 18.9. The molecule has 0 aliphatic carbocycles. The van der Waals surface area contributed by atoms with Gasteiger partial charge in [-0.05, 0) is 37.2 Å². The summed E-state index contributed by atoms with van der Waals surface area (Å²) in [6.07, 6.45) is 2.33. The lowest BCUT2D eigenvalue weighted by Crippen LogP contribution is -2.70. The van der Waals surface area contributed by atoms with Crippen LogP contribution in [0.25, 0.3) is 10.2 Å². The first-order valence-corrected chi connectivity index (χ1v) is 9.20. The number of aliphatic hydroxyl groups is 1. The molecule has 5 nitrogen and oxygen atoms in total. The maximum absolute atomic E-state index is 11.1. The molecule has 8 heteroatoms. The summed E-state index contributed by atoms with van der Waals surface area (Å²) >= 11 is 7.01. The van der Waals surface area contributed by atoms with Gasteiger partial charge in [-0.3, -0.25) is 0 Å². The summed E-state index contributed by atoms with van der Waals surface area (Å²) in [6, 6.07) is 8.06. The Hall–Kier alpha value is -1.22. The number of hydrogen-bond donors (Lipinski definition) is 3. The third-order valence-corrected chi connectivity index (χ3v) is 6.11. The Morgan fingerprint density at radius 3 is 2.88 bits per heavy atom. The van der Waals surface area contributed by atoms with Gasteiger partial charge in [0.2, 0.25) is 0 Å². The van der Waals surface area contributed by atoms with Crippen molar-refractivity contribution in [3.8, 4) is 0 Å². The van der Waals surface area contributed by atoms with Gasteiger partial charge in [0.05, 0.1) is 23.3 Å². The minimum absolute atomic E-state index is 0.203. The average Bonchev–Trinajstić information content (AvgIpc) is 2.95. The highest BCUT2D eigenvalue weighted by Crippen LogP contribution is 2.38. The number of benzene rings is 1. The van der Waals surface area contributed by atoms with E-state index in [-0.39, 0.29) is 7.98 Å². The van der Waals surface area contributed by atoms with Crippen molar-refractivity contribution in [2.45, 2.75) is 18.4 Å². The Balaban J connectivity index is 1.38. The number of nitrogens with one attached hydrogen (secondary N) is 2. The molecule has 4 heterocycles. The van der Waals surface area contributed by atoms with E-state index >= 15 is 0 Å². The van der Waals surface area contributed by atoms with Gasteiger partial charge in [-0.2, -0.15) is 0 Å². The molecule has 1 atom stereocenters. The molecule has 0 amide bonds. The van der Waals surface area contributed by atoms with Crippen LogP contribution in [0.15, 0.2) is 24.3 Å². The van der Waals surface area contributed by atoms with E-state index in [4.69, 9.17) is 12.2 Å². The van der Waals surface area contributed by atoms with Gasteiger partial charge in [0.25, 0.3) is 0 Å². The van der Waals surface area contributed by atoms with Crippen LogP contribution in [-0.4, -0.2) is 59.4 Å². The summed E-state index contributed by atoms with van der Waals surface area (Å²) in [4.78, 5) is 4.54. The minimum atomic E-state index is -0.600. The van der Waals surface area contributed by atoms with Crippen molar-refractivity contribution in [2.24, 2.45) is 5.92 Å². The van der Waals surface area contributed by atoms with Crippen LogP contribution in [0, 0.1) is 5.92 Å². The lowest BCUT2D eigenvalue weighted by atomic mass is 9.72. The highest BCUT2D eigenvalue weighted by Gasteiger charge is 2.49. The molecule has 0 radical (unpaired) electrons. The van der Waals surface area contributed by atoms with E-state index in [9.17, 15) is 5.11 Å². The van der Waals surface area contributed by atoms with E-state index in [0.29, 0.717) is 17.6 Å². The van der Waals surface area contributed by atoms with Crippen molar-refractivity contribution in [1.82, 2.24) is 10.3 Å². The second kappa shape index (κ2) is 5.95. The van der Waals surface area contributed by atoms with Gasteiger partial charge in [-0.1, -0.05) is 23.5 Å². The summed E-state index contributed by atoms with van der Waals surface area (Å²) < 4.78 is 2.37. The molecule has 3 fully saturated rings. The van der Waals surface area contributed by atoms with Gasteiger partial charge >= 0.3 is 0 Å². The molecule has 3 N–H and O–H groups in total. The average molecular weight is 362 g/mol. The Morgan fingerprint density at radius 1 is 1.42 bits per heavy atom. The number of nitrogens with zero attached hydrogens (tertiary/aromatic N) is 2. The quantitative estimate of drug-likeness (QED) is 0.558. The second-order valence-corrected chi connectivity index (χ2v) is 7.89. The smallest absolute Gasteiger partial charge is 0.190 e. The van der Waals surface area contributed by atoms with E-state index in [1.807, 2.05) is 18.2 Å². The lowest BCUT2D eigenvalue weighted by molar-refractivity contribution is -0.846. The third-order valence-electron chi connectivity index (χ3n) is 4.91. The van der Waals surface area contributed by atoms with Crippen LogP contribution in [0.5, 0.6) is 0 Å². The zero-order chi connectivity index (χ0) is 16.8. The van der Waals surface area contributed by atoms with Gasteiger partial charge in [0.15, 0.2) is 18.2 Å². The molecule has 1 unspecified atom stereocenters. The van der Waals surface area contributed by atoms with Crippen LogP contribution < -0.4 is 10.6 Å². The van der Waals surface area contributed by atoms with E-state index in [1.165, 1.54) is 30.3 Å². The van der Waals surface area contributed by atoms with E-state index < -0.39 is 5.60 Å². The maximum atomic E-state index is 11.1. The molecular weight excluding hydrogens is 339 g/mol. The second-order valence-electron chi connectivity index (χ2n) is 6.45. The number of anilines is 1. The molecule has 1 aromatic carbocycles. The zero-order valence-electron chi connectivity index (χ0n) is 12.8. The Labute approximate surface area is 152 Å². The van der Waals surface area contributed by atoms with Crippen molar-refractivity contribution >= 4 is 52.0 Å². The first-order valence-electron chi connectivity index (χ1n) is 7.98. The zero-order valence-corrected chi connectivity index (χ0v) is 14.4. The van der Waals surface area contributed by atoms with Crippen molar-refractivity contribution in [2.75, 3.05) is 31.5 Å². The van der Waals surface area contributed by atoms with Gasteiger partial charge < -0.3 is 20.1 Å². The molecular formula is C16H23BN4OS2. The molecule has 2 bridgehead atoms. The summed E-state index contributed by atoms with van der Waals surface area (Å²) in [5.74, 6) is 0.424. The lowest BCUT2D eigenvalue weighted by Gasteiger charge is -2.60. The van der Waals surface area contributed by atoms with Crippen LogP contribution in [0.4, 0.5) is 5.13 Å². The molecule has 24 heavy (non-hydrogen) atoms. The third kappa shape index (κ3) is 3.03. The van der Waals surface area contributed by atoms with Crippen LogP contribution in [0.3, 0.4) is 0 Å². The van der Waals surface area contributed by atoms with Gasteiger partial charge in [0, 0.05) is 19.0 Å². The predicted molar refractivity (Wildman–Crippen MR) is 106 cm³/mol. The molecule has 1 aromatic heterocycles. The van der Waals surface area contributed by atoms with Crippen molar-refractivity contribution in [1.29, 1.82) is 0 Å². The summed E-state index contributed by atoms with van der Waals surface area (Å²) in [5.41, 5.74) is 0.382. The fourth-order valence-electron chi connectivity index (χ4n) is 3.65. The van der Waals surface area contributed by atoms with Crippen molar-refractivity contribution in [3.63, 3.8) is 0 Å². The summed E-state index contributed by atoms with van der Waals surface area (Å²) in [7, 11) is 0.203. The largest absolute Gasteiger partial charge is 0.520 e. The first kappa shape index (κ1) is 16.3. The molecule has 5 rings (SSSR count). The number of fused-ring (bicyclic) bond motifs is 4.